The molecular formula is C17H15F2NO6. The van der Waals surface area contributed by atoms with E-state index < -0.39 is 34.6 Å². The van der Waals surface area contributed by atoms with Gasteiger partial charge >= 0.3 is 0 Å². The zero-order valence-corrected chi connectivity index (χ0v) is 13.6. The summed E-state index contributed by atoms with van der Waals surface area (Å²) in [6.45, 7) is -0.144. The number of amides is 1. The molecule has 26 heavy (non-hydrogen) atoms. The number of nitrogens with one attached hydrogen (secondary N) is 1. The van der Waals surface area contributed by atoms with E-state index in [1.54, 1.807) is 0 Å². The number of aldehydes is 1. The van der Waals surface area contributed by atoms with Gasteiger partial charge in [0.25, 0.3) is 5.91 Å². The van der Waals surface area contributed by atoms with Crippen LogP contribution in [0.2, 0.25) is 0 Å². The van der Waals surface area contributed by atoms with Crippen LogP contribution >= 0.6 is 0 Å². The van der Waals surface area contributed by atoms with Crippen LogP contribution in [0, 0.1) is 11.6 Å². The third kappa shape index (κ3) is 4.18. The Labute approximate surface area is 146 Å². The highest BCUT2D eigenvalue weighted by molar-refractivity contribution is 5.95. The predicted molar refractivity (Wildman–Crippen MR) is 85.9 cm³/mol. The number of methoxy groups -OCH3 is 1. The Morgan fingerprint density at radius 2 is 1.81 bits per heavy atom. The van der Waals surface area contributed by atoms with E-state index in [9.17, 15) is 23.5 Å². The number of ether oxygens (including phenoxy) is 2. The van der Waals surface area contributed by atoms with Gasteiger partial charge < -0.3 is 25.0 Å². The zero-order chi connectivity index (χ0) is 19.3. The molecule has 0 aromatic heterocycles. The van der Waals surface area contributed by atoms with Crippen molar-refractivity contribution in [2.45, 2.75) is 0 Å². The second kappa shape index (κ2) is 8.15. The van der Waals surface area contributed by atoms with E-state index in [0.29, 0.717) is 12.4 Å². The molecular weight excluding hydrogens is 352 g/mol. The molecule has 2 aromatic carbocycles. The number of halogens is 2. The van der Waals surface area contributed by atoms with Crippen molar-refractivity contribution < 1.29 is 38.1 Å². The normalized spacial score (nSPS) is 10.3. The number of carbonyl (C=O) groups is 2. The lowest BCUT2D eigenvalue weighted by molar-refractivity contribution is 0.0942. The number of rotatable bonds is 7. The Balaban J connectivity index is 1.98. The van der Waals surface area contributed by atoms with Crippen molar-refractivity contribution in [2.24, 2.45) is 0 Å². The van der Waals surface area contributed by atoms with E-state index in [1.807, 2.05) is 0 Å². The van der Waals surface area contributed by atoms with Gasteiger partial charge in [-0.3, -0.25) is 9.59 Å². The zero-order valence-electron chi connectivity index (χ0n) is 13.6. The standard InChI is InChI=1S/C17H15F2NO6/c1-25-15-7-11(18)9(8-21)4-16(15)26-3-2-20-17(24)10-5-13(22)14(23)6-12(10)19/h4-8,22-23H,2-3H2,1H3,(H,20,24). The first kappa shape index (κ1) is 19.0. The number of hydrogen-bond donors (Lipinski definition) is 3. The quantitative estimate of drug-likeness (QED) is 0.393. The number of phenolic OH excluding ortho intramolecular Hbond substituents is 2. The molecule has 1 amide bonds. The van der Waals surface area contributed by atoms with Crippen molar-refractivity contribution in [1.82, 2.24) is 5.32 Å². The molecule has 0 aliphatic rings. The van der Waals surface area contributed by atoms with Crippen LogP contribution in [0.25, 0.3) is 0 Å². The Morgan fingerprint density at radius 1 is 1.12 bits per heavy atom. The molecule has 0 saturated carbocycles. The fraction of sp³-hybridized carbons (Fsp3) is 0.176. The monoisotopic (exact) mass is 367 g/mol. The lowest BCUT2D eigenvalue weighted by atomic mass is 10.1. The molecule has 138 valence electrons. The molecule has 3 N–H and O–H groups in total. The number of aromatic hydroxyl groups is 2. The summed E-state index contributed by atoms with van der Waals surface area (Å²) in [4.78, 5) is 22.7. The third-order valence-electron chi connectivity index (χ3n) is 3.36. The van der Waals surface area contributed by atoms with Crippen molar-refractivity contribution in [3.8, 4) is 23.0 Å². The van der Waals surface area contributed by atoms with Crippen LogP contribution in [0.3, 0.4) is 0 Å². The molecule has 0 aliphatic heterocycles. The number of benzene rings is 2. The molecule has 7 nitrogen and oxygen atoms in total. The summed E-state index contributed by atoms with van der Waals surface area (Å²) in [5.74, 6) is -3.76. The molecule has 0 radical (unpaired) electrons. The average Bonchev–Trinajstić information content (AvgIpc) is 2.62. The van der Waals surface area contributed by atoms with Crippen LogP contribution in [0.1, 0.15) is 20.7 Å². The van der Waals surface area contributed by atoms with Crippen LogP contribution in [0.15, 0.2) is 24.3 Å². The number of carbonyl (C=O) groups excluding carboxylic acids is 2. The molecule has 0 atom stereocenters. The minimum absolute atomic E-state index is 0.0587. The lowest BCUT2D eigenvalue weighted by Crippen LogP contribution is -2.28. The van der Waals surface area contributed by atoms with E-state index in [-0.39, 0.29) is 30.2 Å². The van der Waals surface area contributed by atoms with Crippen LogP contribution < -0.4 is 14.8 Å². The summed E-state index contributed by atoms with van der Waals surface area (Å²) in [7, 11) is 1.30. The molecule has 0 aliphatic carbocycles. The summed E-state index contributed by atoms with van der Waals surface area (Å²) >= 11 is 0. The first-order valence-electron chi connectivity index (χ1n) is 7.32. The molecule has 0 heterocycles. The highest BCUT2D eigenvalue weighted by Crippen LogP contribution is 2.30. The lowest BCUT2D eigenvalue weighted by Gasteiger charge is -2.12. The summed E-state index contributed by atoms with van der Waals surface area (Å²) in [6.07, 6.45) is 0.323. The van der Waals surface area contributed by atoms with Crippen molar-refractivity contribution in [3.05, 3.63) is 47.0 Å². The van der Waals surface area contributed by atoms with Gasteiger partial charge in [0.1, 0.15) is 18.2 Å². The maximum atomic E-state index is 13.6. The van der Waals surface area contributed by atoms with E-state index >= 15 is 0 Å². The van der Waals surface area contributed by atoms with Crippen LogP contribution in [-0.4, -0.2) is 42.7 Å². The summed E-state index contributed by atoms with van der Waals surface area (Å²) in [6, 6.07) is 3.55. The topological polar surface area (TPSA) is 105 Å². The molecule has 0 unspecified atom stereocenters. The minimum atomic E-state index is -1.01. The minimum Gasteiger partial charge on any atom is -0.504 e. The summed E-state index contributed by atoms with van der Waals surface area (Å²) in [5, 5.41) is 20.8. The van der Waals surface area contributed by atoms with Crippen molar-refractivity contribution in [1.29, 1.82) is 0 Å². The van der Waals surface area contributed by atoms with Gasteiger partial charge in [0.05, 0.1) is 24.8 Å². The van der Waals surface area contributed by atoms with Gasteiger partial charge in [-0.1, -0.05) is 0 Å². The van der Waals surface area contributed by atoms with E-state index in [1.165, 1.54) is 7.11 Å². The highest BCUT2D eigenvalue weighted by atomic mass is 19.1. The fourth-order valence-electron chi connectivity index (χ4n) is 2.06. The largest absolute Gasteiger partial charge is 0.504 e. The van der Waals surface area contributed by atoms with E-state index in [0.717, 1.165) is 18.2 Å². The molecule has 0 saturated heterocycles. The van der Waals surface area contributed by atoms with Crippen molar-refractivity contribution in [2.75, 3.05) is 20.3 Å². The van der Waals surface area contributed by atoms with Gasteiger partial charge in [0.15, 0.2) is 29.3 Å². The van der Waals surface area contributed by atoms with Crippen LogP contribution in [-0.2, 0) is 0 Å². The van der Waals surface area contributed by atoms with Gasteiger partial charge in [-0.05, 0) is 12.1 Å². The second-order valence-corrected chi connectivity index (χ2v) is 5.07. The Kier molecular flexibility index (Phi) is 5.94. The molecule has 2 rings (SSSR count). The van der Waals surface area contributed by atoms with Crippen LogP contribution in [0.5, 0.6) is 23.0 Å². The molecule has 2 aromatic rings. The molecule has 0 bridgehead atoms. The average molecular weight is 367 g/mol. The van der Waals surface area contributed by atoms with Gasteiger partial charge in [-0.2, -0.15) is 0 Å². The maximum Gasteiger partial charge on any atom is 0.254 e. The number of phenols is 2. The van der Waals surface area contributed by atoms with Gasteiger partial charge in [0, 0.05) is 12.1 Å². The van der Waals surface area contributed by atoms with E-state index in [2.05, 4.69) is 5.32 Å². The van der Waals surface area contributed by atoms with Crippen molar-refractivity contribution >= 4 is 12.2 Å². The Bertz CT molecular complexity index is 840. The fourth-order valence-corrected chi connectivity index (χ4v) is 2.06. The molecule has 9 heteroatoms. The highest BCUT2D eigenvalue weighted by Gasteiger charge is 2.16. The Morgan fingerprint density at radius 3 is 2.46 bits per heavy atom. The Hall–Kier alpha value is -3.36. The van der Waals surface area contributed by atoms with E-state index in [4.69, 9.17) is 14.6 Å². The second-order valence-electron chi connectivity index (χ2n) is 5.07. The smallest absolute Gasteiger partial charge is 0.254 e. The van der Waals surface area contributed by atoms with Gasteiger partial charge in [0.2, 0.25) is 0 Å². The number of hydrogen-bond acceptors (Lipinski definition) is 6. The van der Waals surface area contributed by atoms with Gasteiger partial charge in [-0.25, -0.2) is 8.78 Å². The summed E-state index contributed by atoms with van der Waals surface area (Å²) < 4.78 is 37.4. The third-order valence-corrected chi connectivity index (χ3v) is 3.36. The molecule has 0 spiro atoms. The summed E-state index contributed by atoms with van der Waals surface area (Å²) in [5.41, 5.74) is -0.672. The van der Waals surface area contributed by atoms with Crippen molar-refractivity contribution in [3.63, 3.8) is 0 Å². The maximum absolute atomic E-state index is 13.6. The van der Waals surface area contributed by atoms with Gasteiger partial charge in [-0.15, -0.1) is 0 Å². The van der Waals surface area contributed by atoms with Crippen LogP contribution in [0.4, 0.5) is 8.78 Å². The molecule has 0 fully saturated rings. The predicted octanol–water partition coefficient (Wildman–Crippen LogP) is 2.01. The SMILES string of the molecule is COc1cc(F)c(C=O)cc1OCCNC(=O)c1cc(O)c(O)cc1F. The first-order valence-corrected chi connectivity index (χ1v) is 7.32. The first-order chi connectivity index (χ1) is 12.4.